The molecule has 126 valence electrons. The van der Waals surface area contributed by atoms with Crippen molar-refractivity contribution in [3.05, 3.63) is 0 Å². The summed E-state index contributed by atoms with van der Waals surface area (Å²) in [5, 5.41) is 2.94. The molecule has 0 saturated carbocycles. The molecule has 6 nitrogen and oxygen atoms in total. The number of carbonyl (C=O) groups is 2. The Bertz CT molecular complexity index is 417. The summed E-state index contributed by atoms with van der Waals surface area (Å²) in [6.07, 6.45) is 1.54. The summed E-state index contributed by atoms with van der Waals surface area (Å²) < 4.78 is 5.39. The average molecular weight is 311 g/mol. The van der Waals surface area contributed by atoms with Crippen molar-refractivity contribution in [1.29, 1.82) is 0 Å². The molecular weight excluding hydrogens is 282 g/mol. The number of piperidine rings is 1. The molecule has 1 N–H and O–H groups in total. The van der Waals surface area contributed by atoms with Gasteiger partial charge in [0.15, 0.2) is 6.10 Å². The van der Waals surface area contributed by atoms with E-state index in [1.165, 1.54) is 0 Å². The van der Waals surface area contributed by atoms with Crippen LogP contribution in [0.25, 0.3) is 0 Å². The molecule has 3 amide bonds. The number of hydrogen-bond acceptors (Lipinski definition) is 3. The van der Waals surface area contributed by atoms with E-state index in [-0.39, 0.29) is 36.2 Å². The van der Waals surface area contributed by atoms with Crippen LogP contribution in [-0.2, 0) is 9.53 Å². The van der Waals surface area contributed by atoms with Gasteiger partial charge in [0.1, 0.15) is 0 Å². The lowest BCUT2D eigenvalue weighted by Gasteiger charge is -2.53. The van der Waals surface area contributed by atoms with Crippen molar-refractivity contribution in [2.24, 2.45) is 5.92 Å². The Kier molecular flexibility index (Phi) is 5.32. The van der Waals surface area contributed by atoms with Crippen molar-refractivity contribution < 1.29 is 14.3 Å². The molecule has 22 heavy (non-hydrogen) atoms. The highest BCUT2D eigenvalue weighted by atomic mass is 16.5. The highest BCUT2D eigenvalue weighted by molar-refractivity contribution is 5.88. The molecule has 0 aromatic heterocycles. The van der Waals surface area contributed by atoms with Crippen molar-refractivity contribution in [2.45, 2.75) is 64.8 Å². The zero-order chi connectivity index (χ0) is 16.4. The predicted octanol–water partition coefficient (Wildman–Crippen LogP) is 1.45. The molecule has 0 radical (unpaired) electrons. The molecule has 6 heteroatoms. The number of urea groups is 1. The Labute approximate surface area is 133 Å². The van der Waals surface area contributed by atoms with Gasteiger partial charge in [0, 0.05) is 32.3 Å². The van der Waals surface area contributed by atoms with Crippen LogP contribution in [0, 0.1) is 5.92 Å². The minimum atomic E-state index is -0.302. The zero-order valence-electron chi connectivity index (χ0n) is 14.3. The molecular formula is C16H29N3O3. The van der Waals surface area contributed by atoms with Crippen molar-refractivity contribution >= 4 is 11.9 Å². The van der Waals surface area contributed by atoms with Gasteiger partial charge in [-0.25, -0.2) is 4.79 Å². The van der Waals surface area contributed by atoms with Crippen LogP contribution in [0.2, 0.25) is 0 Å². The van der Waals surface area contributed by atoms with Gasteiger partial charge in [-0.15, -0.1) is 0 Å². The number of rotatable bonds is 4. The van der Waals surface area contributed by atoms with Gasteiger partial charge in [-0.3, -0.25) is 4.79 Å². The maximum atomic E-state index is 12.1. The quantitative estimate of drug-likeness (QED) is 0.799. The molecule has 2 heterocycles. The minimum Gasteiger partial charge on any atom is -0.369 e. The van der Waals surface area contributed by atoms with E-state index >= 15 is 0 Å². The number of carbonyl (C=O) groups excluding carboxylic acids is 2. The largest absolute Gasteiger partial charge is 0.369 e. The van der Waals surface area contributed by atoms with Crippen LogP contribution in [-0.4, -0.2) is 66.2 Å². The maximum absolute atomic E-state index is 12.1. The van der Waals surface area contributed by atoms with Gasteiger partial charge >= 0.3 is 6.03 Å². The maximum Gasteiger partial charge on any atom is 0.317 e. The first kappa shape index (κ1) is 17.1. The second-order valence-electron chi connectivity index (χ2n) is 6.91. The van der Waals surface area contributed by atoms with Crippen LogP contribution in [0.15, 0.2) is 0 Å². The van der Waals surface area contributed by atoms with E-state index in [1.807, 2.05) is 37.5 Å². The fourth-order valence-corrected chi connectivity index (χ4v) is 3.60. The topological polar surface area (TPSA) is 61.9 Å². The number of nitrogens with zero attached hydrogens (tertiary/aromatic N) is 2. The number of methoxy groups -OCH3 is 1. The first-order chi connectivity index (χ1) is 10.4. The number of ether oxygens (including phenoxy) is 1. The first-order valence-corrected chi connectivity index (χ1v) is 8.27. The molecule has 2 fully saturated rings. The van der Waals surface area contributed by atoms with Crippen LogP contribution in [0.1, 0.15) is 40.5 Å². The molecule has 0 spiro atoms. The summed E-state index contributed by atoms with van der Waals surface area (Å²) in [5.41, 5.74) is 0. The van der Waals surface area contributed by atoms with E-state index in [0.29, 0.717) is 5.92 Å². The van der Waals surface area contributed by atoms with E-state index < -0.39 is 0 Å². The van der Waals surface area contributed by atoms with Gasteiger partial charge in [0.25, 0.3) is 5.91 Å². The van der Waals surface area contributed by atoms with Gasteiger partial charge in [-0.1, -0.05) is 0 Å². The Morgan fingerprint density at radius 1 is 1.23 bits per heavy atom. The van der Waals surface area contributed by atoms with E-state index in [1.54, 1.807) is 7.11 Å². The summed E-state index contributed by atoms with van der Waals surface area (Å²) in [7, 11) is 1.61. The standard InChI is InChI=1S/C16H29N3O3/c1-10(2)17-16(21)18-8-6-12(7-9-18)13-14(22-5)15(20)19(13)11(3)4/h10-14H,6-9H2,1-5H3,(H,17,21). The van der Waals surface area contributed by atoms with Gasteiger partial charge in [-0.05, 0) is 46.5 Å². The molecule has 0 bridgehead atoms. The van der Waals surface area contributed by atoms with E-state index in [4.69, 9.17) is 4.74 Å². The highest BCUT2D eigenvalue weighted by Crippen LogP contribution is 2.36. The second-order valence-corrected chi connectivity index (χ2v) is 6.91. The van der Waals surface area contributed by atoms with Crippen molar-refractivity contribution in [2.75, 3.05) is 20.2 Å². The van der Waals surface area contributed by atoms with E-state index in [0.717, 1.165) is 25.9 Å². The number of β-lactam (4-membered cyclic amide) rings is 1. The Balaban J connectivity index is 1.93. The summed E-state index contributed by atoms with van der Waals surface area (Å²) in [6, 6.07) is 0.532. The molecule has 2 aliphatic rings. The highest BCUT2D eigenvalue weighted by Gasteiger charge is 2.52. The second kappa shape index (κ2) is 6.86. The fraction of sp³-hybridized carbons (Fsp3) is 0.875. The summed E-state index contributed by atoms with van der Waals surface area (Å²) in [6.45, 7) is 9.51. The van der Waals surface area contributed by atoms with Gasteiger partial charge < -0.3 is 19.9 Å². The van der Waals surface area contributed by atoms with Crippen molar-refractivity contribution in [3.8, 4) is 0 Å². The summed E-state index contributed by atoms with van der Waals surface area (Å²) in [4.78, 5) is 28.0. The molecule has 2 saturated heterocycles. The Morgan fingerprint density at radius 2 is 1.82 bits per heavy atom. The van der Waals surface area contributed by atoms with Crippen LogP contribution < -0.4 is 5.32 Å². The molecule has 2 rings (SSSR count). The minimum absolute atomic E-state index is 0.0159. The summed E-state index contributed by atoms with van der Waals surface area (Å²) >= 11 is 0. The molecule has 0 aromatic rings. The van der Waals surface area contributed by atoms with Crippen LogP contribution in [0.5, 0.6) is 0 Å². The van der Waals surface area contributed by atoms with Gasteiger partial charge in [0.2, 0.25) is 0 Å². The number of hydrogen-bond donors (Lipinski definition) is 1. The lowest BCUT2D eigenvalue weighted by Crippen LogP contribution is -2.70. The molecule has 0 aliphatic carbocycles. The van der Waals surface area contributed by atoms with E-state index in [2.05, 4.69) is 5.32 Å². The smallest absolute Gasteiger partial charge is 0.317 e. The summed E-state index contributed by atoms with van der Waals surface area (Å²) in [5.74, 6) is 0.510. The average Bonchev–Trinajstić information content (AvgIpc) is 2.44. The van der Waals surface area contributed by atoms with Crippen LogP contribution in [0.4, 0.5) is 4.79 Å². The van der Waals surface area contributed by atoms with E-state index in [9.17, 15) is 9.59 Å². The number of nitrogens with one attached hydrogen (secondary N) is 1. The van der Waals surface area contributed by atoms with Crippen LogP contribution >= 0.6 is 0 Å². The van der Waals surface area contributed by atoms with Crippen molar-refractivity contribution in [1.82, 2.24) is 15.1 Å². The predicted molar refractivity (Wildman–Crippen MR) is 84.5 cm³/mol. The van der Waals surface area contributed by atoms with Gasteiger partial charge in [0.05, 0.1) is 6.04 Å². The van der Waals surface area contributed by atoms with Crippen molar-refractivity contribution in [3.63, 3.8) is 0 Å². The van der Waals surface area contributed by atoms with Crippen LogP contribution in [0.3, 0.4) is 0 Å². The molecule has 2 atom stereocenters. The Morgan fingerprint density at radius 3 is 2.27 bits per heavy atom. The molecule has 2 aliphatic heterocycles. The third-order valence-electron chi connectivity index (χ3n) is 4.66. The fourth-order valence-electron chi connectivity index (χ4n) is 3.60. The first-order valence-electron chi connectivity index (χ1n) is 8.27. The lowest BCUT2D eigenvalue weighted by molar-refractivity contribution is -0.181. The number of amides is 3. The third kappa shape index (κ3) is 3.21. The third-order valence-corrected chi connectivity index (χ3v) is 4.66. The molecule has 0 aromatic carbocycles. The normalized spacial score (nSPS) is 26.6. The number of likely N-dealkylation sites (tertiary alicyclic amines) is 2. The SMILES string of the molecule is COC1C(=O)N(C(C)C)C1C1CCN(C(=O)NC(C)C)CC1. The Hall–Kier alpha value is -1.30. The monoisotopic (exact) mass is 311 g/mol. The zero-order valence-corrected chi connectivity index (χ0v) is 14.3. The van der Waals surface area contributed by atoms with Gasteiger partial charge in [-0.2, -0.15) is 0 Å². The molecule has 2 unspecified atom stereocenters. The lowest BCUT2D eigenvalue weighted by atomic mass is 9.79.